The Labute approximate surface area is 132 Å². The van der Waals surface area contributed by atoms with E-state index in [0.29, 0.717) is 12.6 Å². The van der Waals surface area contributed by atoms with Gasteiger partial charge in [0.1, 0.15) is 18.1 Å². The zero-order valence-electron chi connectivity index (χ0n) is 13.0. The molecule has 0 saturated heterocycles. The van der Waals surface area contributed by atoms with Crippen molar-refractivity contribution < 1.29 is 9.47 Å². The van der Waals surface area contributed by atoms with Gasteiger partial charge in [-0.1, -0.05) is 30.3 Å². The van der Waals surface area contributed by atoms with Crippen molar-refractivity contribution in [2.45, 2.75) is 18.9 Å². The van der Waals surface area contributed by atoms with Crippen molar-refractivity contribution in [3.05, 3.63) is 60.2 Å². The van der Waals surface area contributed by atoms with Crippen molar-refractivity contribution in [3.63, 3.8) is 0 Å². The Balaban J connectivity index is 1.51. The summed E-state index contributed by atoms with van der Waals surface area (Å²) in [5.41, 5.74) is 1.34. The van der Waals surface area contributed by atoms with Gasteiger partial charge in [0.15, 0.2) is 0 Å². The molecule has 0 aromatic heterocycles. The van der Waals surface area contributed by atoms with E-state index in [1.807, 2.05) is 42.5 Å². The number of benzene rings is 2. The van der Waals surface area contributed by atoms with Gasteiger partial charge in [-0.05, 0) is 48.6 Å². The molecular weight excluding hydrogens is 274 g/mol. The smallest absolute Gasteiger partial charge is 0.119 e. The molecule has 0 aliphatic heterocycles. The summed E-state index contributed by atoms with van der Waals surface area (Å²) in [5.74, 6) is 2.59. The molecular formula is C19H23NO2. The number of rotatable bonds is 8. The van der Waals surface area contributed by atoms with Crippen LogP contribution in [0.25, 0.3) is 0 Å². The zero-order chi connectivity index (χ0) is 15.2. The Kier molecular flexibility index (Phi) is 4.96. The number of hydrogen-bond acceptors (Lipinski definition) is 3. The number of ether oxygens (including phenoxy) is 2. The van der Waals surface area contributed by atoms with Gasteiger partial charge in [-0.15, -0.1) is 0 Å². The minimum Gasteiger partial charge on any atom is -0.497 e. The Hall–Kier alpha value is -2.00. The largest absolute Gasteiger partial charge is 0.497 e. The lowest BCUT2D eigenvalue weighted by molar-refractivity contribution is 0.301. The molecule has 0 radical (unpaired) electrons. The zero-order valence-corrected chi connectivity index (χ0v) is 13.0. The second kappa shape index (κ2) is 7.32. The molecule has 3 nitrogen and oxygen atoms in total. The van der Waals surface area contributed by atoms with Crippen LogP contribution in [0.2, 0.25) is 0 Å². The van der Waals surface area contributed by atoms with Gasteiger partial charge < -0.3 is 14.8 Å². The van der Waals surface area contributed by atoms with Crippen molar-refractivity contribution in [3.8, 4) is 11.5 Å². The third-order valence-corrected chi connectivity index (χ3v) is 4.05. The Morgan fingerprint density at radius 1 is 1.00 bits per heavy atom. The van der Waals surface area contributed by atoms with E-state index in [4.69, 9.17) is 9.47 Å². The number of para-hydroxylation sites is 1. The van der Waals surface area contributed by atoms with Crippen LogP contribution in [-0.4, -0.2) is 20.3 Å². The lowest BCUT2D eigenvalue weighted by Gasteiger charge is -2.19. The van der Waals surface area contributed by atoms with E-state index in [2.05, 4.69) is 17.4 Å². The van der Waals surface area contributed by atoms with E-state index in [1.165, 1.54) is 18.4 Å². The first kappa shape index (κ1) is 14.9. The van der Waals surface area contributed by atoms with Gasteiger partial charge in [0.25, 0.3) is 0 Å². The maximum Gasteiger partial charge on any atom is 0.119 e. The summed E-state index contributed by atoms with van der Waals surface area (Å²) in [5, 5.41) is 3.64. The maximum absolute atomic E-state index is 5.75. The third-order valence-electron chi connectivity index (χ3n) is 4.05. The van der Waals surface area contributed by atoms with Gasteiger partial charge in [-0.2, -0.15) is 0 Å². The van der Waals surface area contributed by atoms with Crippen molar-refractivity contribution in [1.82, 2.24) is 5.32 Å². The fourth-order valence-corrected chi connectivity index (χ4v) is 2.70. The summed E-state index contributed by atoms with van der Waals surface area (Å²) in [6.07, 6.45) is 2.62. The van der Waals surface area contributed by atoms with Gasteiger partial charge >= 0.3 is 0 Å². The van der Waals surface area contributed by atoms with Crippen LogP contribution in [0, 0.1) is 5.92 Å². The number of hydrogen-bond donors (Lipinski definition) is 1. The average molecular weight is 297 g/mol. The van der Waals surface area contributed by atoms with Gasteiger partial charge in [0.2, 0.25) is 0 Å². The molecule has 1 atom stereocenters. The van der Waals surface area contributed by atoms with Gasteiger partial charge in [-0.3, -0.25) is 0 Å². The van der Waals surface area contributed by atoms with Gasteiger partial charge in [-0.25, -0.2) is 0 Å². The minimum atomic E-state index is 0.422. The van der Waals surface area contributed by atoms with Crippen LogP contribution in [-0.2, 0) is 0 Å². The fourth-order valence-electron chi connectivity index (χ4n) is 2.70. The first-order chi connectivity index (χ1) is 10.9. The van der Waals surface area contributed by atoms with Crippen LogP contribution < -0.4 is 14.8 Å². The van der Waals surface area contributed by atoms with Crippen LogP contribution in [0.15, 0.2) is 54.6 Å². The van der Waals surface area contributed by atoms with Crippen LogP contribution in [0.1, 0.15) is 24.4 Å². The highest BCUT2D eigenvalue weighted by molar-refractivity contribution is 5.30. The molecule has 0 heterocycles. The third kappa shape index (κ3) is 4.01. The second-order valence-electron chi connectivity index (χ2n) is 5.70. The molecule has 1 aliphatic rings. The lowest BCUT2D eigenvalue weighted by Crippen LogP contribution is -2.27. The van der Waals surface area contributed by atoms with E-state index >= 15 is 0 Å². The molecule has 2 aromatic carbocycles. The Morgan fingerprint density at radius 3 is 2.36 bits per heavy atom. The highest BCUT2D eigenvalue weighted by Crippen LogP contribution is 2.41. The molecule has 2 aromatic rings. The Morgan fingerprint density at radius 2 is 1.73 bits per heavy atom. The van der Waals surface area contributed by atoms with Crippen LogP contribution in [0.5, 0.6) is 11.5 Å². The van der Waals surface area contributed by atoms with E-state index in [0.717, 1.165) is 24.0 Å². The van der Waals surface area contributed by atoms with E-state index in [9.17, 15) is 0 Å². The van der Waals surface area contributed by atoms with Gasteiger partial charge in [0, 0.05) is 12.6 Å². The standard InChI is InChI=1S/C19H23NO2/c1-21-17-11-9-16(10-12-17)19(15-7-8-15)20-13-14-22-18-5-3-2-4-6-18/h2-6,9-12,15,19-20H,7-8,13-14H2,1H3. The molecule has 1 N–H and O–H groups in total. The van der Waals surface area contributed by atoms with Crippen molar-refractivity contribution in [2.75, 3.05) is 20.3 Å². The normalized spacial score (nSPS) is 15.3. The summed E-state index contributed by atoms with van der Waals surface area (Å²) in [4.78, 5) is 0. The average Bonchev–Trinajstić information content (AvgIpc) is 3.41. The highest BCUT2D eigenvalue weighted by Gasteiger charge is 2.31. The van der Waals surface area contributed by atoms with E-state index in [1.54, 1.807) is 7.11 Å². The first-order valence-corrected chi connectivity index (χ1v) is 7.92. The molecule has 0 amide bonds. The summed E-state index contributed by atoms with van der Waals surface area (Å²) in [6.45, 7) is 1.53. The van der Waals surface area contributed by atoms with Crippen LogP contribution in [0.3, 0.4) is 0 Å². The number of nitrogens with one attached hydrogen (secondary N) is 1. The lowest BCUT2D eigenvalue weighted by atomic mass is 10.0. The van der Waals surface area contributed by atoms with Gasteiger partial charge in [0.05, 0.1) is 7.11 Å². The molecule has 1 fully saturated rings. The molecule has 0 spiro atoms. The molecule has 1 aliphatic carbocycles. The monoisotopic (exact) mass is 297 g/mol. The topological polar surface area (TPSA) is 30.5 Å². The van der Waals surface area contributed by atoms with Crippen molar-refractivity contribution in [1.29, 1.82) is 0 Å². The molecule has 116 valence electrons. The minimum absolute atomic E-state index is 0.422. The summed E-state index contributed by atoms with van der Waals surface area (Å²) >= 11 is 0. The summed E-state index contributed by atoms with van der Waals surface area (Å²) in [7, 11) is 1.70. The molecule has 22 heavy (non-hydrogen) atoms. The molecule has 1 unspecified atom stereocenters. The molecule has 3 heteroatoms. The fraction of sp³-hybridized carbons (Fsp3) is 0.368. The predicted octanol–water partition coefficient (Wildman–Crippen LogP) is 3.81. The predicted molar refractivity (Wildman–Crippen MR) is 88.4 cm³/mol. The van der Waals surface area contributed by atoms with Crippen molar-refractivity contribution >= 4 is 0 Å². The van der Waals surface area contributed by atoms with Crippen molar-refractivity contribution in [2.24, 2.45) is 5.92 Å². The Bertz CT molecular complexity index is 564. The highest BCUT2D eigenvalue weighted by atomic mass is 16.5. The maximum atomic E-state index is 5.75. The molecule has 3 rings (SSSR count). The van der Waals surface area contributed by atoms with Crippen LogP contribution in [0.4, 0.5) is 0 Å². The summed E-state index contributed by atoms with van der Waals surface area (Å²) in [6, 6.07) is 18.8. The second-order valence-corrected chi connectivity index (χ2v) is 5.70. The first-order valence-electron chi connectivity index (χ1n) is 7.92. The molecule has 0 bridgehead atoms. The molecule has 1 saturated carbocycles. The SMILES string of the molecule is COc1ccc(C(NCCOc2ccccc2)C2CC2)cc1. The number of methoxy groups -OCH3 is 1. The quantitative estimate of drug-likeness (QED) is 0.751. The van der Waals surface area contributed by atoms with Crippen LogP contribution >= 0.6 is 0 Å². The van der Waals surface area contributed by atoms with E-state index < -0.39 is 0 Å². The summed E-state index contributed by atoms with van der Waals surface area (Å²) < 4.78 is 11.0. The van der Waals surface area contributed by atoms with E-state index in [-0.39, 0.29) is 0 Å².